The molecule has 1 amide bonds. The van der Waals surface area contributed by atoms with E-state index in [1.807, 2.05) is 0 Å². The fourth-order valence-electron chi connectivity index (χ4n) is 4.81. The third-order valence-corrected chi connectivity index (χ3v) is 6.22. The first-order valence-electron chi connectivity index (χ1n) is 9.28. The van der Waals surface area contributed by atoms with E-state index in [4.69, 9.17) is 5.73 Å². The molecule has 0 aromatic heterocycles. The highest BCUT2D eigenvalue weighted by Crippen LogP contribution is 2.38. The van der Waals surface area contributed by atoms with Gasteiger partial charge in [-0.05, 0) is 63.2 Å². The quantitative estimate of drug-likeness (QED) is 0.806. The lowest BCUT2D eigenvalue weighted by atomic mass is 9.85. The average molecular weight is 292 g/mol. The van der Waals surface area contributed by atoms with Gasteiger partial charge in [0.1, 0.15) is 0 Å². The Bertz CT molecular complexity index is 351. The summed E-state index contributed by atoms with van der Waals surface area (Å²) in [6, 6.07) is 0.338. The molecule has 2 aliphatic carbocycles. The lowest BCUT2D eigenvalue weighted by molar-refractivity contribution is -0.137. The lowest BCUT2D eigenvalue weighted by Crippen LogP contribution is -2.40. The second-order valence-electron chi connectivity index (χ2n) is 7.69. The van der Waals surface area contributed by atoms with Crippen LogP contribution in [0.4, 0.5) is 0 Å². The van der Waals surface area contributed by atoms with Gasteiger partial charge in [-0.2, -0.15) is 0 Å². The number of fused-ring (bicyclic) bond motifs is 2. The normalized spacial score (nSPS) is 38.2. The molecule has 3 heteroatoms. The van der Waals surface area contributed by atoms with Crippen molar-refractivity contribution >= 4 is 5.91 Å². The molecule has 0 aromatic carbocycles. The predicted molar refractivity (Wildman–Crippen MR) is 85.8 cm³/mol. The van der Waals surface area contributed by atoms with E-state index in [1.165, 1.54) is 51.4 Å². The number of carbonyl (C=O) groups excluding carboxylic acids is 1. The van der Waals surface area contributed by atoms with Gasteiger partial charge in [0.15, 0.2) is 0 Å². The van der Waals surface area contributed by atoms with Crippen LogP contribution in [-0.4, -0.2) is 29.9 Å². The zero-order chi connectivity index (χ0) is 14.7. The van der Waals surface area contributed by atoms with Crippen LogP contribution in [0.25, 0.3) is 0 Å². The summed E-state index contributed by atoms with van der Waals surface area (Å²) in [5, 5.41) is 0. The molecule has 1 heterocycles. The summed E-state index contributed by atoms with van der Waals surface area (Å²) in [5.74, 6) is 2.32. The van der Waals surface area contributed by atoms with Gasteiger partial charge in [-0.15, -0.1) is 0 Å². The van der Waals surface area contributed by atoms with Crippen LogP contribution in [0, 0.1) is 17.8 Å². The molecule has 2 saturated carbocycles. The van der Waals surface area contributed by atoms with Gasteiger partial charge in [0.2, 0.25) is 5.91 Å². The maximum Gasteiger partial charge on any atom is 0.225 e. The molecule has 21 heavy (non-hydrogen) atoms. The predicted octanol–water partition coefficient (Wildman–Crippen LogP) is 3.32. The molecule has 0 radical (unpaired) electrons. The van der Waals surface area contributed by atoms with E-state index in [1.54, 1.807) is 0 Å². The highest BCUT2D eigenvalue weighted by Gasteiger charge is 2.32. The van der Waals surface area contributed by atoms with E-state index in [0.717, 1.165) is 44.2 Å². The molecule has 3 aliphatic rings. The van der Waals surface area contributed by atoms with Crippen LogP contribution in [0.2, 0.25) is 0 Å². The van der Waals surface area contributed by atoms with E-state index in [-0.39, 0.29) is 5.92 Å². The number of nitrogens with two attached hydrogens (primary N) is 1. The SMILES string of the molecule is N[C@H]1CCC(C(=O)N2CCCCC2)CCC[C@H]2CC[C@@H]1C2. The van der Waals surface area contributed by atoms with E-state index < -0.39 is 0 Å². The third kappa shape index (κ3) is 3.80. The number of piperidine rings is 1. The lowest BCUT2D eigenvalue weighted by Gasteiger charge is -2.32. The van der Waals surface area contributed by atoms with Crippen LogP contribution in [0.5, 0.6) is 0 Å². The van der Waals surface area contributed by atoms with Crippen molar-refractivity contribution in [2.24, 2.45) is 23.5 Å². The highest BCUT2D eigenvalue weighted by atomic mass is 16.2. The summed E-state index contributed by atoms with van der Waals surface area (Å²) < 4.78 is 0. The molecule has 1 saturated heterocycles. The van der Waals surface area contributed by atoms with Gasteiger partial charge < -0.3 is 10.6 Å². The Kier molecular flexibility index (Phi) is 5.20. The van der Waals surface area contributed by atoms with Gasteiger partial charge in [0.05, 0.1) is 0 Å². The van der Waals surface area contributed by atoms with Gasteiger partial charge in [-0.25, -0.2) is 0 Å². The minimum Gasteiger partial charge on any atom is -0.342 e. The van der Waals surface area contributed by atoms with Crippen LogP contribution in [0.15, 0.2) is 0 Å². The molecular weight excluding hydrogens is 260 g/mol. The first kappa shape index (κ1) is 15.3. The Morgan fingerprint density at radius 2 is 1.67 bits per heavy atom. The van der Waals surface area contributed by atoms with Crippen molar-refractivity contribution in [2.75, 3.05) is 13.1 Å². The second kappa shape index (κ2) is 7.13. The van der Waals surface area contributed by atoms with Crippen LogP contribution in [-0.2, 0) is 4.79 Å². The number of nitrogens with zero attached hydrogens (tertiary/aromatic N) is 1. The van der Waals surface area contributed by atoms with Crippen molar-refractivity contribution in [2.45, 2.75) is 76.7 Å². The highest BCUT2D eigenvalue weighted by molar-refractivity contribution is 5.78. The largest absolute Gasteiger partial charge is 0.342 e. The van der Waals surface area contributed by atoms with Crippen molar-refractivity contribution in [3.63, 3.8) is 0 Å². The molecule has 3 fully saturated rings. The maximum atomic E-state index is 12.8. The van der Waals surface area contributed by atoms with E-state index >= 15 is 0 Å². The van der Waals surface area contributed by atoms with Crippen molar-refractivity contribution < 1.29 is 4.79 Å². The number of amides is 1. The van der Waals surface area contributed by atoms with E-state index in [2.05, 4.69) is 4.90 Å². The Labute approximate surface area is 129 Å². The van der Waals surface area contributed by atoms with Crippen LogP contribution in [0.3, 0.4) is 0 Å². The molecular formula is C18H32N2O. The average Bonchev–Trinajstić information content (AvgIpc) is 2.98. The summed E-state index contributed by atoms with van der Waals surface area (Å²) in [6.07, 6.45) is 13.5. The molecule has 0 aromatic rings. The zero-order valence-electron chi connectivity index (χ0n) is 13.4. The third-order valence-electron chi connectivity index (χ3n) is 6.22. The Morgan fingerprint density at radius 1 is 0.857 bits per heavy atom. The van der Waals surface area contributed by atoms with Crippen LogP contribution in [0.1, 0.15) is 70.6 Å². The Morgan fingerprint density at radius 3 is 2.48 bits per heavy atom. The first-order valence-corrected chi connectivity index (χ1v) is 9.28. The molecule has 4 atom stereocenters. The summed E-state index contributed by atoms with van der Waals surface area (Å²) in [7, 11) is 0. The maximum absolute atomic E-state index is 12.8. The van der Waals surface area contributed by atoms with Gasteiger partial charge in [-0.1, -0.05) is 19.3 Å². The number of hydrogen-bond donors (Lipinski definition) is 1. The number of carbonyl (C=O) groups is 1. The van der Waals surface area contributed by atoms with Gasteiger partial charge >= 0.3 is 0 Å². The smallest absolute Gasteiger partial charge is 0.225 e. The van der Waals surface area contributed by atoms with Crippen LogP contribution >= 0.6 is 0 Å². The summed E-state index contributed by atoms with van der Waals surface area (Å²) in [6.45, 7) is 1.99. The molecule has 120 valence electrons. The summed E-state index contributed by atoms with van der Waals surface area (Å²) >= 11 is 0. The van der Waals surface area contributed by atoms with Crippen molar-refractivity contribution in [3.8, 4) is 0 Å². The number of hydrogen-bond acceptors (Lipinski definition) is 2. The van der Waals surface area contributed by atoms with Crippen LogP contribution < -0.4 is 5.73 Å². The van der Waals surface area contributed by atoms with Gasteiger partial charge in [0, 0.05) is 25.0 Å². The minimum atomic E-state index is 0.256. The molecule has 1 aliphatic heterocycles. The zero-order valence-corrected chi connectivity index (χ0v) is 13.4. The van der Waals surface area contributed by atoms with E-state index in [9.17, 15) is 4.79 Å². The van der Waals surface area contributed by atoms with Crippen molar-refractivity contribution in [3.05, 3.63) is 0 Å². The monoisotopic (exact) mass is 292 g/mol. The van der Waals surface area contributed by atoms with E-state index in [0.29, 0.717) is 11.9 Å². The Balaban J connectivity index is 1.60. The molecule has 0 spiro atoms. The first-order chi connectivity index (χ1) is 10.2. The molecule has 3 rings (SSSR count). The fourth-order valence-corrected chi connectivity index (χ4v) is 4.81. The standard InChI is InChI=1S/C18H32N2O/c19-17-10-9-15(18(21)20-11-2-1-3-12-20)6-4-5-14-7-8-16(17)13-14/h14-17H,1-13,19H2/t14-,15?,16+,17-/m0/s1. The fraction of sp³-hybridized carbons (Fsp3) is 0.944. The van der Waals surface area contributed by atoms with Crippen molar-refractivity contribution in [1.29, 1.82) is 0 Å². The number of rotatable bonds is 1. The molecule has 1 unspecified atom stereocenters. The van der Waals surface area contributed by atoms with Gasteiger partial charge in [0.25, 0.3) is 0 Å². The second-order valence-corrected chi connectivity index (χ2v) is 7.69. The molecule has 2 bridgehead atoms. The molecule has 3 nitrogen and oxygen atoms in total. The topological polar surface area (TPSA) is 46.3 Å². The minimum absolute atomic E-state index is 0.256. The molecule has 2 N–H and O–H groups in total. The summed E-state index contributed by atoms with van der Waals surface area (Å²) in [5.41, 5.74) is 6.42. The van der Waals surface area contributed by atoms with Gasteiger partial charge in [-0.3, -0.25) is 4.79 Å². The summed E-state index contributed by atoms with van der Waals surface area (Å²) in [4.78, 5) is 14.9. The number of likely N-dealkylation sites (tertiary alicyclic amines) is 1. The Hall–Kier alpha value is -0.570. The van der Waals surface area contributed by atoms with Crippen molar-refractivity contribution in [1.82, 2.24) is 4.90 Å².